The van der Waals surface area contributed by atoms with Crippen LogP contribution in [0.15, 0.2) is 12.5 Å². The number of aliphatic hydroxyl groups excluding tert-OH is 2. The Balaban J connectivity index is 1.97. The number of rotatable bonds is 8. The fourth-order valence-corrected chi connectivity index (χ4v) is 2.98. The number of hydrogen-bond acceptors (Lipinski definition) is 7. The molecule has 0 spiro atoms. The van der Waals surface area contributed by atoms with E-state index < -0.39 is 6.10 Å². The standard InChI is InChI=1S/C13H21N5O2S/c1-21-6-9(10(20)5-19)3-15-2-8-4-16-12-11(8)17-7-18-13(12)14/h4,7,9-10,15-16,19-20H,2-3,5-6H2,1H3,(H2,14,17,18)/t9-,10+/m1/s1. The molecule has 0 aliphatic heterocycles. The quantitative estimate of drug-likeness (QED) is 0.464. The van der Waals surface area contributed by atoms with Crippen LogP contribution >= 0.6 is 11.8 Å². The summed E-state index contributed by atoms with van der Waals surface area (Å²) in [6, 6.07) is 0. The normalized spacial score (nSPS) is 14.4. The molecule has 0 aromatic carbocycles. The van der Waals surface area contributed by atoms with Crippen molar-refractivity contribution in [3.05, 3.63) is 18.1 Å². The number of anilines is 1. The average molecular weight is 311 g/mol. The number of nitrogen functional groups attached to an aromatic ring is 1. The first kappa shape index (κ1) is 16.0. The molecule has 0 saturated carbocycles. The summed E-state index contributed by atoms with van der Waals surface area (Å²) in [5.74, 6) is 1.23. The topological polar surface area (TPSA) is 120 Å². The molecule has 0 bridgehead atoms. The minimum absolute atomic E-state index is 0.00917. The number of H-pyrrole nitrogens is 1. The van der Waals surface area contributed by atoms with Crippen LogP contribution in [0.3, 0.4) is 0 Å². The third-order valence-electron chi connectivity index (χ3n) is 3.41. The summed E-state index contributed by atoms with van der Waals surface area (Å²) in [4.78, 5) is 11.2. The van der Waals surface area contributed by atoms with Crippen LogP contribution in [0.4, 0.5) is 5.82 Å². The predicted octanol–water partition coefficient (Wildman–Crippen LogP) is -0.0379. The molecular formula is C13H21N5O2S. The highest BCUT2D eigenvalue weighted by molar-refractivity contribution is 7.98. The molecular weight excluding hydrogens is 290 g/mol. The maximum absolute atomic E-state index is 9.77. The van der Waals surface area contributed by atoms with E-state index in [2.05, 4.69) is 20.3 Å². The molecule has 0 amide bonds. The maximum atomic E-state index is 9.77. The largest absolute Gasteiger partial charge is 0.394 e. The van der Waals surface area contributed by atoms with Gasteiger partial charge in [0.1, 0.15) is 11.8 Å². The van der Waals surface area contributed by atoms with Gasteiger partial charge in [-0.3, -0.25) is 0 Å². The Kier molecular flexibility index (Phi) is 5.80. The van der Waals surface area contributed by atoms with Gasteiger partial charge in [0, 0.05) is 30.8 Å². The second-order valence-corrected chi connectivity index (χ2v) is 5.80. The van der Waals surface area contributed by atoms with Crippen LogP contribution < -0.4 is 11.1 Å². The number of nitrogens with one attached hydrogen (secondary N) is 2. The number of hydrogen-bond donors (Lipinski definition) is 5. The summed E-state index contributed by atoms with van der Waals surface area (Å²) in [7, 11) is 0. The van der Waals surface area contributed by atoms with Crippen molar-refractivity contribution >= 4 is 28.6 Å². The van der Waals surface area contributed by atoms with Gasteiger partial charge in [0.05, 0.1) is 18.2 Å². The molecule has 2 rings (SSSR count). The molecule has 2 aromatic rings. The van der Waals surface area contributed by atoms with Crippen molar-refractivity contribution in [2.45, 2.75) is 12.6 Å². The van der Waals surface area contributed by atoms with E-state index in [0.717, 1.165) is 22.3 Å². The highest BCUT2D eigenvalue weighted by Gasteiger charge is 2.18. The Morgan fingerprint density at radius 3 is 3.00 bits per heavy atom. The lowest BCUT2D eigenvalue weighted by Gasteiger charge is -2.20. The molecule has 21 heavy (non-hydrogen) atoms. The van der Waals surface area contributed by atoms with Gasteiger partial charge in [-0.05, 0) is 12.0 Å². The Morgan fingerprint density at radius 2 is 2.29 bits per heavy atom. The first-order valence-corrected chi connectivity index (χ1v) is 8.11. The predicted molar refractivity (Wildman–Crippen MR) is 85.0 cm³/mol. The molecule has 0 aliphatic carbocycles. The number of nitrogens with two attached hydrogens (primary N) is 1. The smallest absolute Gasteiger partial charge is 0.151 e. The Hall–Kier alpha value is -1.35. The van der Waals surface area contributed by atoms with Gasteiger partial charge in [0.2, 0.25) is 0 Å². The van der Waals surface area contributed by atoms with Gasteiger partial charge in [-0.2, -0.15) is 11.8 Å². The lowest BCUT2D eigenvalue weighted by atomic mass is 10.1. The van der Waals surface area contributed by atoms with Crippen molar-refractivity contribution in [2.75, 3.05) is 30.9 Å². The van der Waals surface area contributed by atoms with Crippen LogP contribution in [0, 0.1) is 5.92 Å². The fourth-order valence-electron chi connectivity index (χ4n) is 2.21. The van der Waals surface area contributed by atoms with Crippen molar-refractivity contribution in [1.82, 2.24) is 20.3 Å². The van der Waals surface area contributed by atoms with Crippen LogP contribution in [0.5, 0.6) is 0 Å². The summed E-state index contributed by atoms with van der Waals surface area (Å²) in [6.07, 6.45) is 4.58. The number of aliphatic hydroxyl groups is 2. The van der Waals surface area contributed by atoms with Crippen molar-refractivity contribution < 1.29 is 10.2 Å². The van der Waals surface area contributed by atoms with Gasteiger partial charge in [-0.1, -0.05) is 0 Å². The summed E-state index contributed by atoms with van der Waals surface area (Å²) >= 11 is 1.65. The third kappa shape index (κ3) is 3.85. The molecule has 2 atom stereocenters. The van der Waals surface area contributed by atoms with Gasteiger partial charge in [0.25, 0.3) is 0 Å². The Bertz CT molecular complexity index is 577. The van der Waals surface area contributed by atoms with Crippen LogP contribution in [0.1, 0.15) is 5.56 Å². The summed E-state index contributed by atoms with van der Waals surface area (Å²) in [5.41, 5.74) is 8.32. The molecule has 0 unspecified atom stereocenters. The lowest BCUT2D eigenvalue weighted by molar-refractivity contribution is 0.0549. The van der Waals surface area contributed by atoms with Crippen LogP contribution in [-0.2, 0) is 6.54 Å². The number of aromatic amines is 1. The first-order chi connectivity index (χ1) is 10.2. The van der Waals surface area contributed by atoms with Crippen molar-refractivity contribution in [1.29, 1.82) is 0 Å². The maximum Gasteiger partial charge on any atom is 0.151 e. The van der Waals surface area contributed by atoms with E-state index in [4.69, 9.17) is 10.8 Å². The molecule has 7 nitrogen and oxygen atoms in total. The zero-order valence-corrected chi connectivity index (χ0v) is 12.7. The molecule has 116 valence electrons. The van der Waals surface area contributed by atoms with E-state index in [-0.39, 0.29) is 12.5 Å². The molecule has 2 aromatic heterocycles. The Labute approximate surface area is 127 Å². The molecule has 0 radical (unpaired) electrons. The van der Waals surface area contributed by atoms with E-state index in [0.29, 0.717) is 18.9 Å². The van der Waals surface area contributed by atoms with Gasteiger partial charge >= 0.3 is 0 Å². The molecule has 0 fully saturated rings. The molecule has 8 heteroatoms. The van der Waals surface area contributed by atoms with E-state index >= 15 is 0 Å². The Morgan fingerprint density at radius 1 is 1.48 bits per heavy atom. The lowest BCUT2D eigenvalue weighted by Crippen LogP contribution is -2.35. The molecule has 0 aliphatic rings. The van der Waals surface area contributed by atoms with E-state index in [9.17, 15) is 5.11 Å². The zero-order valence-electron chi connectivity index (χ0n) is 11.9. The number of fused-ring (bicyclic) bond motifs is 1. The molecule has 0 saturated heterocycles. The third-order valence-corrected chi connectivity index (χ3v) is 4.17. The zero-order chi connectivity index (χ0) is 15.2. The number of aromatic nitrogens is 3. The van der Waals surface area contributed by atoms with Crippen LogP contribution in [-0.4, -0.2) is 56.4 Å². The summed E-state index contributed by atoms with van der Waals surface area (Å²) in [5, 5.41) is 22.1. The van der Waals surface area contributed by atoms with Gasteiger partial charge < -0.3 is 26.2 Å². The first-order valence-electron chi connectivity index (χ1n) is 6.72. The van der Waals surface area contributed by atoms with Gasteiger partial charge in [0.15, 0.2) is 5.82 Å². The van der Waals surface area contributed by atoms with Gasteiger partial charge in [-0.15, -0.1) is 0 Å². The minimum Gasteiger partial charge on any atom is -0.394 e. The summed E-state index contributed by atoms with van der Waals surface area (Å²) < 4.78 is 0. The monoisotopic (exact) mass is 311 g/mol. The average Bonchev–Trinajstić information content (AvgIpc) is 2.90. The fraction of sp³-hybridized carbons (Fsp3) is 0.538. The summed E-state index contributed by atoms with van der Waals surface area (Å²) in [6.45, 7) is 1.01. The molecule has 6 N–H and O–H groups in total. The highest BCUT2D eigenvalue weighted by Crippen LogP contribution is 2.19. The van der Waals surface area contributed by atoms with E-state index in [1.807, 2.05) is 12.5 Å². The van der Waals surface area contributed by atoms with Gasteiger partial charge in [-0.25, -0.2) is 9.97 Å². The number of thioether (sulfide) groups is 1. The van der Waals surface area contributed by atoms with E-state index in [1.165, 1.54) is 6.33 Å². The second-order valence-electron chi connectivity index (χ2n) is 4.89. The molecule has 2 heterocycles. The SMILES string of the molecule is CSC[C@@H](CNCc1c[nH]c2c(N)ncnc12)[C@@H](O)CO. The van der Waals surface area contributed by atoms with Crippen molar-refractivity contribution in [3.8, 4) is 0 Å². The van der Waals surface area contributed by atoms with Crippen molar-refractivity contribution in [2.24, 2.45) is 5.92 Å². The van der Waals surface area contributed by atoms with Crippen LogP contribution in [0.25, 0.3) is 11.0 Å². The number of nitrogens with zero attached hydrogens (tertiary/aromatic N) is 2. The highest BCUT2D eigenvalue weighted by atomic mass is 32.2. The second kappa shape index (κ2) is 7.60. The van der Waals surface area contributed by atoms with E-state index in [1.54, 1.807) is 11.8 Å². The minimum atomic E-state index is -0.703. The van der Waals surface area contributed by atoms with Crippen molar-refractivity contribution in [3.63, 3.8) is 0 Å². The van der Waals surface area contributed by atoms with Crippen LogP contribution in [0.2, 0.25) is 0 Å².